The molecule has 0 saturated carbocycles. The van der Waals surface area contributed by atoms with Crippen LogP contribution in [0.4, 0.5) is 0 Å². The summed E-state index contributed by atoms with van der Waals surface area (Å²) in [6.07, 6.45) is 11.9. The summed E-state index contributed by atoms with van der Waals surface area (Å²) in [5, 5.41) is 9.60. The fraction of sp³-hybridized carbons (Fsp3) is 0.684. The SMILES string of the molecule is CC(C)CCCCCCCCCc1ccc(O)c(CCl)c1. The van der Waals surface area contributed by atoms with Gasteiger partial charge in [-0.2, -0.15) is 0 Å². The molecule has 21 heavy (non-hydrogen) atoms. The number of aromatic hydroxyl groups is 1. The zero-order chi connectivity index (χ0) is 15.5. The van der Waals surface area contributed by atoms with Crippen molar-refractivity contribution >= 4 is 11.6 Å². The summed E-state index contributed by atoms with van der Waals surface area (Å²) < 4.78 is 0. The normalized spacial score (nSPS) is 11.2. The van der Waals surface area contributed by atoms with Crippen molar-refractivity contribution in [2.24, 2.45) is 5.92 Å². The van der Waals surface area contributed by atoms with E-state index in [9.17, 15) is 5.11 Å². The zero-order valence-corrected chi connectivity index (χ0v) is 14.5. The molecule has 2 heteroatoms. The van der Waals surface area contributed by atoms with Crippen molar-refractivity contribution in [3.05, 3.63) is 29.3 Å². The minimum absolute atomic E-state index is 0.315. The summed E-state index contributed by atoms with van der Waals surface area (Å²) in [4.78, 5) is 0. The smallest absolute Gasteiger partial charge is 0.119 e. The molecule has 0 unspecified atom stereocenters. The first-order valence-corrected chi connectivity index (χ1v) is 9.03. The molecule has 0 bridgehead atoms. The van der Waals surface area contributed by atoms with Crippen LogP contribution in [0.25, 0.3) is 0 Å². The van der Waals surface area contributed by atoms with Crippen LogP contribution in [0.1, 0.15) is 76.3 Å². The quantitative estimate of drug-likeness (QED) is 0.368. The van der Waals surface area contributed by atoms with Crippen molar-refractivity contribution < 1.29 is 5.11 Å². The van der Waals surface area contributed by atoms with Gasteiger partial charge in [0, 0.05) is 5.56 Å². The van der Waals surface area contributed by atoms with Gasteiger partial charge in [-0.15, -0.1) is 11.6 Å². The van der Waals surface area contributed by atoms with Gasteiger partial charge in [0.15, 0.2) is 0 Å². The molecule has 120 valence electrons. The molecule has 0 amide bonds. The van der Waals surface area contributed by atoms with Crippen molar-refractivity contribution in [2.75, 3.05) is 0 Å². The van der Waals surface area contributed by atoms with Gasteiger partial charge in [0.2, 0.25) is 0 Å². The number of hydrogen-bond donors (Lipinski definition) is 1. The first-order valence-electron chi connectivity index (χ1n) is 8.50. The summed E-state index contributed by atoms with van der Waals surface area (Å²) >= 11 is 5.81. The number of unbranched alkanes of at least 4 members (excludes halogenated alkanes) is 6. The maximum atomic E-state index is 9.60. The van der Waals surface area contributed by atoms with Crippen molar-refractivity contribution in [3.8, 4) is 5.75 Å². The highest BCUT2D eigenvalue weighted by Gasteiger charge is 2.02. The van der Waals surface area contributed by atoms with E-state index in [0.29, 0.717) is 11.6 Å². The first-order chi connectivity index (χ1) is 10.1. The van der Waals surface area contributed by atoms with Crippen molar-refractivity contribution in [2.45, 2.75) is 77.5 Å². The first kappa shape index (κ1) is 18.4. The highest BCUT2D eigenvalue weighted by Crippen LogP contribution is 2.21. The van der Waals surface area contributed by atoms with Crippen LogP contribution in [0.3, 0.4) is 0 Å². The number of hydrogen-bond acceptors (Lipinski definition) is 1. The molecule has 0 aliphatic carbocycles. The molecule has 1 aromatic rings. The lowest BCUT2D eigenvalue weighted by Crippen LogP contribution is -1.90. The second kappa shape index (κ2) is 11.0. The highest BCUT2D eigenvalue weighted by molar-refractivity contribution is 6.17. The maximum Gasteiger partial charge on any atom is 0.119 e. The minimum atomic E-state index is 0.315. The number of halogens is 1. The van der Waals surface area contributed by atoms with Crippen LogP contribution in [0.2, 0.25) is 0 Å². The molecule has 1 N–H and O–H groups in total. The van der Waals surface area contributed by atoms with Crippen LogP contribution in [0.15, 0.2) is 18.2 Å². The van der Waals surface area contributed by atoms with E-state index in [1.54, 1.807) is 6.07 Å². The number of benzene rings is 1. The van der Waals surface area contributed by atoms with Crippen molar-refractivity contribution in [3.63, 3.8) is 0 Å². The molecule has 1 nitrogen and oxygen atoms in total. The third kappa shape index (κ3) is 8.36. The predicted molar refractivity (Wildman–Crippen MR) is 93.1 cm³/mol. The molecule has 0 aliphatic rings. The number of alkyl halides is 1. The van der Waals surface area contributed by atoms with Crippen LogP contribution in [-0.4, -0.2) is 5.11 Å². The molecule has 0 fully saturated rings. The fourth-order valence-electron chi connectivity index (χ4n) is 2.67. The zero-order valence-electron chi connectivity index (χ0n) is 13.7. The molecular weight excluding hydrogens is 280 g/mol. The lowest BCUT2D eigenvalue weighted by molar-refractivity contribution is 0.470. The summed E-state index contributed by atoms with van der Waals surface area (Å²) in [7, 11) is 0. The molecule has 0 saturated heterocycles. The van der Waals surface area contributed by atoms with E-state index < -0.39 is 0 Å². The third-order valence-corrected chi connectivity index (χ3v) is 4.32. The van der Waals surface area contributed by atoms with E-state index in [0.717, 1.165) is 17.9 Å². The van der Waals surface area contributed by atoms with Crippen LogP contribution >= 0.6 is 11.6 Å². The molecule has 0 aliphatic heterocycles. The summed E-state index contributed by atoms with van der Waals surface area (Å²) in [5.41, 5.74) is 2.14. The van der Waals surface area contributed by atoms with Gasteiger partial charge in [-0.25, -0.2) is 0 Å². The summed E-state index contributed by atoms with van der Waals surface area (Å²) in [6.45, 7) is 4.61. The van der Waals surface area contributed by atoms with Crippen LogP contribution in [0, 0.1) is 5.92 Å². The lowest BCUT2D eigenvalue weighted by atomic mass is 10.0. The van der Waals surface area contributed by atoms with E-state index in [-0.39, 0.29) is 0 Å². The number of aryl methyl sites for hydroxylation is 1. The van der Waals surface area contributed by atoms with Gasteiger partial charge in [-0.05, 0) is 30.4 Å². The van der Waals surface area contributed by atoms with E-state index in [1.165, 1.54) is 56.9 Å². The molecule has 0 atom stereocenters. The largest absolute Gasteiger partial charge is 0.508 e. The number of rotatable bonds is 11. The third-order valence-electron chi connectivity index (χ3n) is 4.03. The van der Waals surface area contributed by atoms with E-state index in [1.807, 2.05) is 12.1 Å². The number of phenolic OH excluding ortho intramolecular Hbond substituents is 1. The lowest BCUT2D eigenvalue weighted by Gasteiger charge is -2.06. The molecular formula is C19H31ClO. The Bertz CT molecular complexity index is 387. The van der Waals surface area contributed by atoms with Gasteiger partial charge in [-0.1, -0.05) is 70.9 Å². The van der Waals surface area contributed by atoms with E-state index in [4.69, 9.17) is 11.6 Å². The van der Waals surface area contributed by atoms with Crippen molar-refractivity contribution in [1.82, 2.24) is 0 Å². The predicted octanol–water partition coefficient (Wildman–Crippen LogP) is 6.45. The van der Waals surface area contributed by atoms with Gasteiger partial charge in [0.05, 0.1) is 5.88 Å². The van der Waals surface area contributed by atoms with Crippen LogP contribution in [0.5, 0.6) is 5.75 Å². The molecule has 0 heterocycles. The van der Waals surface area contributed by atoms with E-state index in [2.05, 4.69) is 13.8 Å². The molecule has 1 rings (SSSR count). The Labute approximate surface area is 135 Å². The standard InChI is InChI=1S/C19H31ClO/c1-16(2)10-8-6-4-3-5-7-9-11-17-12-13-19(21)18(14-17)15-20/h12-14,16,21H,3-11,15H2,1-2H3. The van der Waals surface area contributed by atoms with Crippen LogP contribution in [-0.2, 0) is 12.3 Å². The molecule has 0 spiro atoms. The summed E-state index contributed by atoms with van der Waals surface area (Å²) in [5.74, 6) is 1.55. The monoisotopic (exact) mass is 310 g/mol. The average molecular weight is 311 g/mol. The topological polar surface area (TPSA) is 20.2 Å². The van der Waals surface area contributed by atoms with Crippen LogP contribution < -0.4 is 0 Å². The van der Waals surface area contributed by atoms with Gasteiger partial charge in [0.1, 0.15) is 5.75 Å². The molecule has 0 aromatic heterocycles. The Balaban J connectivity index is 2.04. The Morgan fingerprint density at radius 1 is 0.952 bits per heavy atom. The molecule has 0 radical (unpaired) electrons. The maximum absolute atomic E-state index is 9.60. The second-order valence-electron chi connectivity index (χ2n) is 6.50. The Hall–Kier alpha value is -0.690. The summed E-state index contributed by atoms with van der Waals surface area (Å²) in [6, 6.07) is 5.81. The van der Waals surface area contributed by atoms with Crippen molar-refractivity contribution in [1.29, 1.82) is 0 Å². The minimum Gasteiger partial charge on any atom is -0.508 e. The van der Waals surface area contributed by atoms with Gasteiger partial charge in [-0.3, -0.25) is 0 Å². The van der Waals surface area contributed by atoms with Gasteiger partial charge < -0.3 is 5.11 Å². The Morgan fingerprint density at radius 2 is 1.57 bits per heavy atom. The average Bonchev–Trinajstić information content (AvgIpc) is 2.46. The Morgan fingerprint density at radius 3 is 2.19 bits per heavy atom. The second-order valence-corrected chi connectivity index (χ2v) is 6.77. The fourth-order valence-corrected chi connectivity index (χ4v) is 2.88. The van der Waals surface area contributed by atoms with Gasteiger partial charge >= 0.3 is 0 Å². The van der Waals surface area contributed by atoms with E-state index >= 15 is 0 Å². The highest BCUT2D eigenvalue weighted by atomic mass is 35.5. The Kier molecular flexibility index (Phi) is 9.58. The number of phenols is 1. The van der Waals surface area contributed by atoms with Gasteiger partial charge in [0.25, 0.3) is 0 Å². The molecule has 1 aromatic carbocycles.